The van der Waals surface area contributed by atoms with Gasteiger partial charge < -0.3 is 0 Å². The van der Waals surface area contributed by atoms with Crippen LogP contribution in [0.4, 0.5) is 0 Å². The van der Waals surface area contributed by atoms with Gasteiger partial charge in [0.15, 0.2) is 0 Å². The molecule has 0 aliphatic heterocycles. The van der Waals surface area contributed by atoms with Crippen LogP contribution >= 0.6 is 11.6 Å². The first-order chi connectivity index (χ1) is 7.11. The van der Waals surface area contributed by atoms with E-state index in [1.165, 1.54) is 0 Å². The Kier molecular flexibility index (Phi) is 2.49. The van der Waals surface area contributed by atoms with E-state index >= 15 is 0 Å². The van der Waals surface area contributed by atoms with E-state index in [0.29, 0.717) is 10.5 Å². The summed E-state index contributed by atoms with van der Waals surface area (Å²) in [6.07, 6.45) is 0. The fourth-order valence-corrected chi connectivity index (χ4v) is 2.09. The second-order valence-electron chi connectivity index (χ2n) is 3.38. The number of rotatable bonds is 1. The van der Waals surface area contributed by atoms with E-state index in [1.54, 1.807) is 13.8 Å². The average molecular weight is 218 g/mol. The van der Waals surface area contributed by atoms with Crippen LogP contribution < -0.4 is 0 Å². The Morgan fingerprint density at radius 3 is 2.73 bits per heavy atom. The van der Waals surface area contributed by atoms with Gasteiger partial charge in [0, 0.05) is 0 Å². The molecule has 2 nitrogen and oxygen atoms in total. The SMILES string of the molecule is Cc1c(C(=O)O)c(Cl)bc2ccccc12. The molecular weight excluding hydrogens is 210 g/mol. The van der Waals surface area contributed by atoms with Crippen LogP contribution in [-0.2, 0) is 0 Å². The first-order valence-corrected chi connectivity index (χ1v) is 4.90. The summed E-state index contributed by atoms with van der Waals surface area (Å²) in [5.74, 6) is -0.983. The maximum atomic E-state index is 11.0. The van der Waals surface area contributed by atoms with E-state index in [-0.39, 0.29) is 5.56 Å². The first-order valence-electron chi connectivity index (χ1n) is 4.52. The van der Waals surface area contributed by atoms with Gasteiger partial charge in [0.2, 0.25) is 0 Å². The van der Waals surface area contributed by atoms with E-state index in [0.717, 1.165) is 10.7 Å². The van der Waals surface area contributed by atoms with Crippen LogP contribution in [0, 0.1) is 6.92 Å². The van der Waals surface area contributed by atoms with E-state index in [9.17, 15) is 4.79 Å². The first kappa shape index (κ1) is 10.2. The fraction of sp³-hybridized carbons (Fsp3) is 0.0909. The number of fused-ring (bicyclic) bond motifs is 1. The molecule has 0 saturated carbocycles. The molecule has 0 amide bonds. The monoisotopic (exact) mass is 218 g/mol. The van der Waals surface area contributed by atoms with Crippen molar-refractivity contribution in [3.63, 3.8) is 0 Å². The van der Waals surface area contributed by atoms with Gasteiger partial charge in [0.25, 0.3) is 0 Å². The molecule has 74 valence electrons. The Morgan fingerprint density at radius 2 is 2.07 bits per heavy atom. The molecule has 2 rings (SSSR count). The molecule has 0 bridgehead atoms. The molecule has 1 N–H and O–H groups in total. The van der Waals surface area contributed by atoms with Crippen molar-refractivity contribution in [2.75, 3.05) is 0 Å². The van der Waals surface area contributed by atoms with Crippen molar-refractivity contribution in [1.29, 1.82) is 0 Å². The molecule has 0 aliphatic carbocycles. The van der Waals surface area contributed by atoms with Gasteiger partial charge in [-0.25, -0.2) is 0 Å². The van der Waals surface area contributed by atoms with Crippen LogP contribution in [-0.4, -0.2) is 18.0 Å². The standard InChI is InChI=1S/C11H8BClO2/c1-6-7-4-2-3-5-8(7)12-10(13)9(6)11(14)15/h2-5H,1H3,(H,14,15). The fourth-order valence-electron chi connectivity index (χ4n) is 1.75. The molecule has 1 aromatic carbocycles. The van der Waals surface area contributed by atoms with Crippen molar-refractivity contribution in [2.24, 2.45) is 0 Å². The minimum absolute atomic E-state index is 0.190. The third-order valence-electron chi connectivity index (χ3n) is 2.47. The van der Waals surface area contributed by atoms with Gasteiger partial charge in [-0.2, -0.15) is 0 Å². The number of carboxylic acid groups (broad SMARTS) is 1. The molecule has 0 aliphatic rings. The van der Waals surface area contributed by atoms with Gasteiger partial charge in [0.1, 0.15) is 0 Å². The molecule has 0 spiro atoms. The van der Waals surface area contributed by atoms with E-state index in [4.69, 9.17) is 16.7 Å². The summed E-state index contributed by atoms with van der Waals surface area (Å²) in [4.78, 5) is 11.3. The number of carbonyl (C=O) groups is 1. The number of carboxylic acids is 1. The van der Waals surface area contributed by atoms with Gasteiger partial charge in [-0.1, -0.05) is 0 Å². The molecule has 4 heteroatoms. The van der Waals surface area contributed by atoms with Crippen molar-refractivity contribution < 1.29 is 9.90 Å². The Morgan fingerprint density at radius 1 is 1.40 bits per heavy atom. The summed E-state index contributed by atoms with van der Waals surface area (Å²) in [6.45, 7) is 3.46. The average Bonchev–Trinajstić information content (AvgIpc) is 2.17. The second-order valence-corrected chi connectivity index (χ2v) is 3.79. The van der Waals surface area contributed by atoms with Crippen LogP contribution in [0.5, 0.6) is 0 Å². The van der Waals surface area contributed by atoms with Gasteiger partial charge in [-0.15, -0.1) is 0 Å². The number of hydrogen-bond donors (Lipinski definition) is 1. The molecule has 0 fully saturated rings. The number of benzene rings is 1. The Hall–Kier alpha value is -1.35. The third kappa shape index (κ3) is 1.63. The van der Waals surface area contributed by atoms with E-state index in [2.05, 4.69) is 0 Å². The Bertz CT molecular complexity index is 552. The number of hydrogen-bond acceptors (Lipinski definition) is 1. The zero-order valence-corrected chi connectivity index (χ0v) is 8.88. The van der Waals surface area contributed by atoms with Crippen LogP contribution in [0.3, 0.4) is 0 Å². The summed E-state index contributed by atoms with van der Waals surface area (Å²) < 4.78 is 0. The van der Waals surface area contributed by atoms with Crippen molar-refractivity contribution in [2.45, 2.75) is 6.92 Å². The van der Waals surface area contributed by atoms with Crippen LogP contribution in [0.1, 0.15) is 15.9 Å². The van der Waals surface area contributed by atoms with Crippen LogP contribution in [0.25, 0.3) is 10.7 Å². The van der Waals surface area contributed by atoms with Crippen molar-refractivity contribution in [3.05, 3.63) is 40.3 Å². The second kappa shape index (κ2) is 3.67. The summed E-state index contributed by atoms with van der Waals surface area (Å²) >= 11 is 5.92. The third-order valence-corrected chi connectivity index (χ3v) is 2.77. The van der Waals surface area contributed by atoms with Gasteiger partial charge in [-0.3, -0.25) is 0 Å². The summed E-state index contributed by atoms with van der Waals surface area (Å²) in [5, 5.41) is 10.9. The van der Waals surface area contributed by atoms with Gasteiger partial charge in [-0.05, 0) is 0 Å². The topological polar surface area (TPSA) is 37.3 Å². The molecular formula is C11H8BClO2. The van der Waals surface area contributed by atoms with Crippen molar-refractivity contribution in [1.82, 2.24) is 0 Å². The Labute approximate surface area is 92.7 Å². The predicted octanol–water partition coefficient (Wildman–Crippen LogP) is 2.84. The maximum absolute atomic E-state index is 11.0. The number of aryl methyl sites for hydroxylation is 1. The van der Waals surface area contributed by atoms with Crippen molar-refractivity contribution >= 4 is 35.1 Å². The molecule has 2 aromatic rings. The van der Waals surface area contributed by atoms with Crippen molar-refractivity contribution in [3.8, 4) is 0 Å². The predicted molar refractivity (Wildman–Crippen MR) is 62.0 cm³/mol. The normalized spacial score (nSPS) is 10.3. The molecule has 0 radical (unpaired) electrons. The minimum atomic E-state index is -0.983. The van der Waals surface area contributed by atoms with Crippen LogP contribution in [0.2, 0.25) is 4.92 Å². The summed E-state index contributed by atoms with van der Waals surface area (Å²) in [5.41, 5.74) is 0.904. The quantitative estimate of drug-likeness (QED) is 0.799. The zero-order valence-electron chi connectivity index (χ0n) is 8.12. The molecule has 15 heavy (non-hydrogen) atoms. The zero-order chi connectivity index (χ0) is 11.0. The van der Waals surface area contributed by atoms with E-state index in [1.807, 2.05) is 24.3 Å². The molecule has 0 atom stereocenters. The van der Waals surface area contributed by atoms with E-state index < -0.39 is 5.97 Å². The Balaban J connectivity index is 2.90. The molecule has 1 aromatic heterocycles. The van der Waals surface area contributed by atoms with Crippen LogP contribution in [0.15, 0.2) is 24.3 Å². The molecule has 1 heterocycles. The summed E-state index contributed by atoms with van der Waals surface area (Å²) in [6, 6.07) is 7.60. The van der Waals surface area contributed by atoms with Gasteiger partial charge in [0.05, 0.1) is 0 Å². The molecule has 0 unspecified atom stereocenters. The number of aromatic carboxylic acids is 1. The number of halogens is 1. The molecule has 0 saturated heterocycles. The summed E-state index contributed by atoms with van der Waals surface area (Å²) in [7, 11) is 0. The van der Waals surface area contributed by atoms with Gasteiger partial charge >= 0.3 is 92.3 Å².